The summed E-state index contributed by atoms with van der Waals surface area (Å²) in [7, 11) is 0. The van der Waals surface area contributed by atoms with E-state index < -0.39 is 6.10 Å². The van der Waals surface area contributed by atoms with Crippen LogP contribution in [0.1, 0.15) is 62.5 Å². The molecule has 0 aliphatic heterocycles. The van der Waals surface area contributed by atoms with Crippen molar-refractivity contribution in [3.05, 3.63) is 21.9 Å². The molecule has 1 N–H and O–H groups in total. The van der Waals surface area contributed by atoms with E-state index in [2.05, 4.69) is 0 Å². The molecule has 2 rings (SSSR count). The summed E-state index contributed by atoms with van der Waals surface area (Å²) in [5.74, 6) is 0. The highest BCUT2D eigenvalue weighted by molar-refractivity contribution is 7.10. The lowest BCUT2D eigenvalue weighted by atomic mass is 9.98. The molecule has 1 heterocycles. The van der Waals surface area contributed by atoms with Gasteiger partial charge in [0.15, 0.2) is 0 Å². The summed E-state index contributed by atoms with van der Waals surface area (Å²) in [5, 5.41) is 12.0. The second-order valence-electron chi connectivity index (χ2n) is 4.58. The van der Waals surface area contributed by atoms with Gasteiger partial charge in [0.05, 0.1) is 12.7 Å². The lowest BCUT2D eigenvalue weighted by Crippen LogP contribution is -2.20. The van der Waals surface area contributed by atoms with Gasteiger partial charge in [0.2, 0.25) is 0 Å². The first kappa shape index (κ1) is 15.7. The van der Waals surface area contributed by atoms with Crippen molar-refractivity contribution in [3.63, 3.8) is 0 Å². The first-order valence-corrected chi connectivity index (χ1v) is 7.99. The Balaban J connectivity index is 0.000000771. The molecule has 1 fully saturated rings. The Morgan fingerprint density at radius 1 is 1.33 bits per heavy atom. The van der Waals surface area contributed by atoms with E-state index in [9.17, 15) is 5.11 Å². The van der Waals surface area contributed by atoms with Crippen molar-refractivity contribution in [1.29, 1.82) is 0 Å². The molecule has 2 nitrogen and oxygen atoms in total. The van der Waals surface area contributed by atoms with Crippen molar-refractivity contribution in [1.82, 2.24) is 0 Å². The molecule has 18 heavy (non-hydrogen) atoms. The maximum atomic E-state index is 10.0. The normalized spacial score (nSPS) is 18.0. The van der Waals surface area contributed by atoms with Gasteiger partial charge in [0.1, 0.15) is 6.10 Å². The molecule has 1 saturated carbocycles. The van der Waals surface area contributed by atoms with E-state index in [1.165, 1.54) is 24.8 Å². The van der Waals surface area contributed by atoms with Crippen LogP contribution in [0.5, 0.6) is 0 Å². The predicted octanol–water partition coefficient (Wildman–Crippen LogP) is 4.47. The Kier molecular flexibility index (Phi) is 7.56. The zero-order valence-electron chi connectivity index (χ0n) is 11.8. The van der Waals surface area contributed by atoms with Gasteiger partial charge in [-0.15, -0.1) is 11.3 Å². The summed E-state index contributed by atoms with van der Waals surface area (Å²) in [6.07, 6.45) is 6.15. The summed E-state index contributed by atoms with van der Waals surface area (Å²) in [6.45, 7) is 6.49. The van der Waals surface area contributed by atoms with Crippen LogP contribution in [0.15, 0.2) is 11.4 Å². The maximum absolute atomic E-state index is 10.0. The van der Waals surface area contributed by atoms with E-state index in [0.29, 0.717) is 12.7 Å². The zero-order chi connectivity index (χ0) is 13.4. The fraction of sp³-hybridized carbons (Fsp3) is 0.733. The highest BCUT2D eigenvalue weighted by Crippen LogP contribution is 2.26. The van der Waals surface area contributed by atoms with Crippen molar-refractivity contribution < 1.29 is 9.84 Å². The van der Waals surface area contributed by atoms with Gasteiger partial charge in [0, 0.05) is 4.88 Å². The zero-order valence-corrected chi connectivity index (χ0v) is 12.6. The van der Waals surface area contributed by atoms with Crippen LogP contribution < -0.4 is 0 Å². The van der Waals surface area contributed by atoms with Crippen molar-refractivity contribution in [3.8, 4) is 0 Å². The maximum Gasteiger partial charge on any atom is 0.112 e. The third-order valence-electron chi connectivity index (χ3n) is 3.25. The summed E-state index contributed by atoms with van der Waals surface area (Å²) in [5.41, 5.74) is 1.17. The van der Waals surface area contributed by atoms with Crippen LogP contribution in [0.25, 0.3) is 0 Å². The number of hydrogen-bond donors (Lipinski definition) is 1. The van der Waals surface area contributed by atoms with Crippen LogP contribution >= 0.6 is 11.3 Å². The Morgan fingerprint density at radius 2 is 2.00 bits per heavy atom. The molecule has 1 aliphatic rings. The van der Waals surface area contributed by atoms with E-state index >= 15 is 0 Å². The van der Waals surface area contributed by atoms with Gasteiger partial charge in [-0.25, -0.2) is 0 Å². The van der Waals surface area contributed by atoms with E-state index in [-0.39, 0.29) is 0 Å². The molecular formula is C15H26O2S. The average molecular weight is 270 g/mol. The smallest absolute Gasteiger partial charge is 0.112 e. The van der Waals surface area contributed by atoms with Crippen LogP contribution in [0, 0.1) is 6.92 Å². The summed E-state index contributed by atoms with van der Waals surface area (Å²) >= 11 is 1.61. The number of aliphatic hydroxyl groups is 1. The molecule has 0 aromatic carbocycles. The second kappa shape index (κ2) is 8.68. The number of ether oxygens (including phenoxy) is 1. The number of aryl methyl sites for hydroxylation is 1. The van der Waals surface area contributed by atoms with E-state index in [1.54, 1.807) is 11.3 Å². The first-order valence-electron chi connectivity index (χ1n) is 7.11. The van der Waals surface area contributed by atoms with Crippen molar-refractivity contribution in [2.75, 3.05) is 6.61 Å². The largest absolute Gasteiger partial charge is 0.385 e. The van der Waals surface area contributed by atoms with Crippen LogP contribution in [-0.4, -0.2) is 17.8 Å². The van der Waals surface area contributed by atoms with Gasteiger partial charge >= 0.3 is 0 Å². The quantitative estimate of drug-likeness (QED) is 0.875. The second-order valence-corrected chi connectivity index (χ2v) is 5.52. The Bertz CT molecular complexity index is 316. The Hall–Kier alpha value is -0.380. The summed E-state index contributed by atoms with van der Waals surface area (Å²) < 4.78 is 5.78. The van der Waals surface area contributed by atoms with E-state index in [1.807, 2.05) is 32.2 Å². The van der Waals surface area contributed by atoms with E-state index in [0.717, 1.165) is 17.7 Å². The van der Waals surface area contributed by atoms with Crippen molar-refractivity contribution in [2.45, 2.75) is 65.1 Å². The molecule has 1 aromatic heterocycles. The van der Waals surface area contributed by atoms with Crippen LogP contribution in [0.2, 0.25) is 0 Å². The minimum atomic E-state index is -0.443. The number of aliphatic hydroxyl groups excluding tert-OH is 1. The van der Waals surface area contributed by atoms with Gasteiger partial charge in [-0.2, -0.15) is 0 Å². The number of thiophene rings is 1. The van der Waals surface area contributed by atoms with Crippen LogP contribution in [0.3, 0.4) is 0 Å². The fourth-order valence-electron chi connectivity index (χ4n) is 2.26. The number of rotatable bonds is 4. The molecule has 1 atom stereocenters. The predicted molar refractivity (Wildman–Crippen MR) is 78.2 cm³/mol. The molecule has 0 saturated heterocycles. The standard InChI is InChI=1S/C13H20O2S.C2H6/c1-10-7-8-16-13(10)12(14)9-15-11-5-3-2-4-6-11;1-2/h7-8,11-12,14H,2-6,9H2,1H3;1-2H3. The van der Waals surface area contributed by atoms with Gasteiger partial charge in [-0.05, 0) is 36.8 Å². The SMILES string of the molecule is CC.Cc1ccsc1C(O)COC1CCCCC1. The number of hydrogen-bond acceptors (Lipinski definition) is 3. The fourth-order valence-corrected chi connectivity index (χ4v) is 3.16. The highest BCUT2D eigenvalue weighted by Gasteiger charge is 2.17. The van der Waals surface area contributed by atoms with Crippen LogP contribution in [-0.2, 0) is 4.74 Å². The molecule has 104 valence electrons. The summed E-state index contributed by atoms with van der Waals surface area (Å²) in [6, 6.07) is 2.05. The minimum absolute atomic E-state index is 0.378. The molecule has 0 bridgehead atoms. The topological polar surface area (TPSA) is 29.5 Å². The molecule has 1 aliphatic carbocycles. The average Bonchev–Trinajstić information content (AvgIpc) is 2.86. The monoisotopic (exact) mass is 270 g/mol. The molecule has 0 amide bonds. The Labute approximate surface area is 115 Å². The van der Waals surface area contributed by atoms with Crippen LogP contribution in [0.4, 0.5) is 0 Å². The lowest BCUT2D eigenvalue weighted by molar-refractivity contribution is -0.0236. The molecule has 0 radical (unpaired) electrons. The molecular weight excluding hydrogens is 244 g/mol. The highest BCUT2D eigenvalue weighted by atomic mass is 32.1. The lowest BCUT2D eigenvalue weighted by Gasteiger charge is -2.23. The third kappa shape index (κ3) is 4.71. The third-order valence-corrected chi connectivity index (χ3v) is 4.37. The minimum Gasteiger partial charge on any atom is -0.385 e. The van der Waals surface area contributed by atoms with E-state index in [4.69, 9.17) is 4.74 Å². The van der Waals surface area contributed by atoms with Crippen molar-refractivity contribution in [2.24, 2.45) is 0 Å². The molecule has 1 aromatic rings. The van der Waals surface area contributed by atoms with Gasteiger partial charge in [-0.3, -0.25) is 0 Å². The first-order chi connectivity index (χ1) is 8.77. The molecule has 1 unspecified atom stereocenters. The van der Waals surface area contributed by atoms with Gasteiger partial charge in [-0.1, -0.05) is 33.1 Å². The molecule has 3 heteroatoms. The van der Waals surface area contributed by atoms with Crippen molar-refractivity contribution >= 4 is 11.3 Å². The van der Waals surface area contributed by atoms with Gasteiger partial charge in [0.25, 0.3) is 0 Å². The summed E-state index contributed by atoms with van der Waals surface area (Å²) in [4.78, 5) is 1.05. The Morgan fingerprint density at radius 3 is 2.56 bits per heavy atom. The molecule has 0 spiro atoms. The van der Waals surface area contributed by atoms with Gasteiger partial charge < -0.3 is 9.84 Å².